The van der Waals surface area contributed by atoms with Crippen LogP contribution in [0.4, 0.5) is 4.39 Å². The van der Waals surface area contributed by atoms with E-state index in [1.165, 1.54) is 6.07 Å². The molecule has 6 nitrogen and oxygen atoms in total. The van der Waals surface area contributed by atoms with Gasteiger partial charge in [-0.3, -0.25) is 5.10 Å². The van der Waals surface area contributed by atoms with Gasteiger partial charge >= 0.3 is 0 Å². The van der Waals surface area contributed by atoms with Crippen LogP contribution in [-0.4, -0.2) is 38.2 Å². The highest BCUT2D eigenvalue weighted by Crippen LogP contribution is 2.34. The van der Waals surface area contributed by atoms with Crippen molar-refractivity contribution in [1.29, 1.82) is 0 Å². The minimum Gasteiger partial charge on any atom is -0.338 e. The topological polar surface area (TPSA) is 82.3 Å². The van der Waals surface area contributed by atoms with Gasteiger partial charge in [-0.1, -0.05) is 49.9 Å². The molecule has 5 rings (SSSR count). The number of nitrogens with one attached hydrogen (secondary N) is 3. The fourth-order valence-electron chi connectivity index (χ4n) is 4.32. The van der Waals surface area contributed by atoms with E-state index in [2.05, 4.69) is 62.2 Å². The van der Waals surface area contributed by atoms with Crippen molar-refractivity contribution in [3.05, 3.63) is 96.6 Å². The molecule has 0 unspecified atom stereocenters. The SMILES string of the molecule is C=C/C(=C\C(=C/C)c1cnc2n[nH]c(-c3cc4c(-c5ccccc5F)ccnc4[nH]3)c2c1)CNCC. The van der Waals surface area contributed by atoms with E-state index in [0.29, 0.717) is 16.9 Å². The van der Waals surface area contributed by atoms with E-state index in [-0.39, 0.29) is 5.82 Å². The Morgan fingerprint density at radius 2 is 1.97 bits per heavy atom. The summed E-state index contributed by atoms with van der Waals surface area (Å²) >= 11 is 0. The molecule has 36 heavy (non-hydrogen) atoms. The van der Waals surface area contributed by atoms with Crippen molar-refractivity contribution in [2.24, 2.45) is 0 Å². The Balaban J connectivity index is 1.59. The van der Waals surface area contributed by atoms with Gasteiger partial charge in [0.25, 0.3) is 0 Å². The summed E-state index contributed by atoms with van der Waals surface area (Å²) in [6, 6.07) is 12.7. The first-order valence-corrected chi connectivity index (χ1v) is 11.9. The van der Waals surface area contributed by atoms with Crippen LogP contribution < -0.4 is 5.32 Å². The van der Waals surface area contributed by atoms with Crippen molar-refractivity contribution in [2.45, 2.75) is 13.8 Å². The van der Waals surface area contributed by atoms with Crippen molar-refractivity contribution < 1.29 is 4.39 Å². The number of halogens is 1. The largest absolute Gasteiger partial charge is 0.338 e. The van der Waals surface area contributed by atoms with Gasteiger partial charge in [0, 0.05) is 40.8 Å². The molecule has 4 heterocycles. The number of allylic oxidation sites excluding steroid dienone is 3. The Hall–Kier alpha value is -4.36. The summed E-state index contributed by atoms with van der Waals surface area (Å²) in [6.07, 6.45) is 9.56. The van der Waals surface area contributed by atoms with Gasteiger partial charge in [-0.2, -0.15) is 5.10 Å². The molecule has 7 heteroatoms. The van der Waals surface area contributed by atoms with Crippen LogP contribution in [0.5, 0.6) is 0 Å². The second-order valence-corrected chi connectivity index (χ2v) is 8.43. The van der Waals surface area contributed by atoms with Crippen molar-refractivity contribution in [2.75, 3.05) is 13.1 Å². The first-order valence-electron chi connectivity index (χ1n) is 11.9. The Morgan fingerprint density at radius 1 is 1.11 bits per heavy atom. The summed E-state index contributed by atoms with van der Waals surface area (Å²) in [5.41, 5.74) is 7.33. The zero-order valence-electron chi connectivity index (χ0n) is 20.3. The van der Waals surface area contributed by atoms with Crippen LogP contribution in [0.15, 0.2) is 85.2 Å². The van der Waals surface area contributed by atoms with Gasteiger partial charge in [-0.05, 0) is 54.4 Å². The number of pyridine rings is 2. The number of aromatic nitrogens is 5. The number of aromatic amines is 2. The highest BCUT2D eigenvalue weighted by atomic mass is 19.1. The van der Waals surface area contributed by atoms with Gasteiger partial charge in [0.05, 0.1) is 11.4 Å². The number of hydrogen-bond acceptors (Lipinski definition) is 4. The zero-order valence-corrected chi connectivity index (χ0v) is 20.3. The Morgan fingerprint density at radius 3 is 2.75 bits per heavy atom. The van der Waals surface area contributed by atoms with E-state index in [1.807, 2.05) is 37.4 Å². The third-order valence-electron chi connectivity index (χ3n) is 6.20. The Kier molecular flexibility index (Phi) is 6.56. The van der Waals surface area contributed by atoms with Crippen LogP contribution in [0.1, 0.15) is 19.4 Å². The predicted molar refractivity (Wildman–Crippen MR) is 145 cm³/mol. The molecule has 0 saturated heterocycles. The normalized spacial score (nSPS) is 12.5. The molecule has 0 aliphatic carbocycles. The second-order valence-electron chi connectivity index (χ2n) is 8.43. The molecule has 180 valence electrons. The van der Waals surface area contributed by atoms with Crippen LogP contribution in [-0.2, 0) is 0 Å². The molecule has 0 bridgehead atoms. The lowest BCUT2D eigenvalue weighted by atomic mass is 10.0. The second kappa shape index (κ2) is 10.1. The number of nitrogens with zero attached hydrogens (tertiary/aromatic N) is 3. The molecule has 4 aromatic heterocycles. The molecule has 0 radical (unpaired) electrons. The van der Waals surface area contributed by atoms with E-state index in [4.69, 9.17) is 0 Å². The summed E-state index contributed by atoms with van der Waals surface area (Å²) in [5, 5.41) is 12.6. The minimum atomic E-state index is -0.270. The maximum absolute atomic E-state index is 14.6. The summed E-state index contributed by atoms with van der Waals surface area (Å²) in [7, 11) is 0. The predicted octanol–water partition coefficient (Wildman–Crippen LogP) is 6.43. The van der Waals surface area contributed by atoms with Crippen LogP contribution in [0, 0.1) is 5.82 Å². The molecule has 0 saturated carbocycles. The molecule has 0 fully saturated rings. The van der Waals surface area contributed by atoms with E-state index < -0.39 is 0 Å². The first-order chi connectivity index (χ1) is 17.6. The van der Waals surface area contributed by atoms with E-state index in [9.17, 15) is 4.39 Å². The van der Waals surface area contributed by atoms with Gasteiger partial charge in [-0.15, -0.1) is 0 Å². The van der Waals surface area contributed by atoms with Gasteiger partial charge in [-0.25, -0.2) is 14.4 Å². The lowest BCUT2D eigenvalue weighted by Gasteiger charge is -2.07. The minimum absolute atomic E-state index is 0.270. The molecule has 0 amide bonds. The Labute approximate surface area is 208 Å². The van der Waals surface area contributed by atoms with Gasteiger partial charge in [0.15, 0.2) is 5.65 Å². The fraction of sp³-hybridized carbons (Fsp3) is 0.138. The quantitative estimate of drug-likeness (QED) is 0.224. The van der Waals surface area contributed by atoms with Crippen LogP contribution in [0.25, 0.3) is 50.2 Å². The lowest BCUT2D eigenvalue weighted by molar-refractivity contribution is 0.631. The molecule has 5 aromatic rings. The number of fused-ring (bicyclic) bond motifs is 2. The maximum Gasteiger partial charge on any atom is 0.181 e. The van der Waals surface area contributed by atoms with Gasteiger partial charge in [0.1, 0.15) is 11.5 Å². The average Bonchev–Trinajstić information content (AvgIpc) is 3.53. The van der Waals surface area contributed by atoms with Crippen molar-refractivity contribution in [3.63, 3.8) is 0 Å². The fourth-order valence-corrected chi connectivity index (χ4v) is 4.32. The smallest absolute Gasteiger partial charge is 0.181 e. The van der Waals surface area contributed by atoms with Gasteiger partial charge < -0.3 is 10.3 Å². The third kappa shape index (κ3) is 4.36. The van der Waals surface area contributed by atoms with Crippen molar-refractivity contribution >= 4 is 27.6 Å². The average molecular weight is 479 g/mol. The van der Waals surface area contributed by atoms with Crippen LogP contribution in [0.2, 0.25) is 0 Å². The summed E-state index contributed by atoms with van der Waals surface area (Å²) < 4.78 is 14.6. The number of H-pyrrole nitrogens is 2. The monoisotopic (exact) mass is 478 g/mol. The molecule has 1 aromatic carbocycles. The molecule has 0 spiro atoms. The number of benzene rings is 1. The summed E-state index contributed by atoms with van der Waals surface area (Å²) in [6.45, 7) is 9.67. The molecular formula is C29H27FN6. The highest BCUT2D eigenvalue weighted by molar-refractivity contribution is 5.99. The maximum atomic E-state index is 14.6. The molecular weight excluding hydrogens is 451 g/mol. The Bertz CT molecular complexity index is 1620. The number of likely N-dealkylation sites (N-methyl/N-ethyl adjacent to an activating group) is 1. The summed E-state index contributed by atoms with van der Waals surface area (Å²) in [5.74, 6) is -0.270. The molecule has 0 atom stereocenters. The zero-order chi connectivity index (χ0) is 25.1. The van der Waals surface area contributed by atoms with Crippen LogP contribution >= 0.6 is 0 Å². The molecule has 0 aliphatic heterocycles. The number of hydrogen-bond donors (Lipinski definition) is 3. The molecule has 0 aliphatic rings. The lowest BCUT2D eigenvalue weighted by Crippen LogP contribution is -2.15. The van der Waals surface area contributed by atoms with E-state index in [1.54, 1.807) is 18.3 Å². The number of rotatable bonds is 8. The highest BCUT2D eigenvalue weighted by Gasteiger charge is 2.16. The van der Waals surface area contributed by atoms with Crippen molar-refractivity contribution in [1.82, 2.24) is 30.5 Å². The van der Waals surface area contributed by atoms with Gasteiger partial charge in [0.2, 0.25) is 0 Å². The van der Waals surface area contributed by atoms with Crippen molar-refractivity contribution in [3.8, 4) is 22.5 Å². The standard InChI is InChI=1S/C29H27FN6/c1-4-18(16-31-6-3)13-19(5-2)20-14-24-27(35-36-29(24)33-17-20)26-15-23-21(11-12-32-28(23)34-26)22-9-7-8-10-25(22)30/h4-5,7-15,17,31H,1,6,16H2,2-3H3,(H,32,34)(H,33,35,36)/b18-13+,19-5+. The van der Waals surface area contributed by atoms with Crippen LogP contribution in [0.3, 0.4) is 0 Å². The van der Waals surface area contributed by atoms with E-state index in [0.717, 1.165) is 57.5 Å². The summed E-state index contributed by atoms with van der Waals surface area (Å²) in [4.78, 5) is 12.4. The third-order valence-corrected chi connectivity index (χ3v) is 6.20. The molecule has 3 N–H and O–H groups in total. The van der Waals surface area contributed by atoms with E-state index >= 15 is 0 Å². The first kappa shape index (κ1) is 23.4.